The SMILES string of the molecule is CCC(Cc1ccccc1)NC(=O)NC1CC(N(CC)CC(=O)O)C1. The van der Waals surface area contributed by atoms with E-state index in [1.807, 2.05) is 30.0 Å². The molecular weight excluding hydrogens is 318 g/mol. The second kappa shape index (κ2) is 9.42. The normalized spacial score (nSPS) is 20.6. The zero-order chi connectivity index (χ0) is 18.2. The summed E-state index contributed by atoms with van der Waals surface area (Å²) in [4.78, 5) is 25.0. The molecule has 1 saturated carbocycles. The summed E-state index contributed by atoms with van der Waals surface area (Å²) >= 11 is 0. The third-order valence-corrected chi connectivity index (χ3v) is 4.86. The number of urea groups is 1. The molecule has 0 aliphatic heterocycles. The van der Waals surface area contributed by atoms with Crippen molar-refractivity contribution in [3.63, 3.8) is 0 Å². The number of amides is 2. The number of hydrogen-bond acceptors (Lipinski definition) is 3. The number of likely N-dealkylation sites (N-methyl/N-ethyl adjacent to an activating group) is 1. The predicted molar refractivity (Wildman–Crippen MR) is 97.6 cm³/mol. The first kappa shape index (κ1) is 19.2. The Balaban J connectivity index is 1.72. The zero-order valence-electron chi connectivity index (χ0n) is 15.1. The summed E-state index contributed by atoms with van der Waals surface area (Å²) in [5.41, 5.74) is 1.21. The van der Waals surface area contributed by atoms with E-state index < -0.39 is 5.97 Å². The highest BCUT2D eigenvalue weighted by Gasteiger charge is 2.34. The fourth-order valence-electron chi connectivity index (χ4n) is 3.29. The number of hydrogen-bond donors (Lipinski definition) is 3. The Hall–Kier alpha value is -2.08. The lowest BCUT2D eigenvalue weighted by molar-refractivity contribution is -0.139. The Labute approximate surface area is 149 Å². The molecule has 2 amide bonds. The summed E-state index contributed by atoms with van der Waals surface area (Å²) in [7, 11) is 0. The van der Waals surface area contributed by atoms with E-state index in [-0.39, 0.29) is 30.7 Å². The van der Waals surface area contributed by atoms with Crippen LogP contribution in [0, 0.1) is 0 Å². The third-order valence-electron chi connectivity index (χ3n) is 4.86. The van der Waals surface area contributed by atoms with E-state index in [0.717, 1.165) is 25.7 Å². The fraction of sp³-hybridized carbons (Fsp3) is 0.579. The van der Waals surface area contributed by atoms with E-state index in [4.69, 9.17) is 5.11 Å². The van der Waals surface area contributed by atoms with Crippen LogP contribution in [0.15, 0.2) is 30.3 Å². The van der Waals surface area contributed by atoms with E-state index in [1.54, 1.807) is 0 Å². The molecule has 1 aromatic rings. The Bertz CT molecular complexity index is 558. The van der Waals surface area contributed by atoms with Crippen LogP contribution in [0.3, 0.4) is 0 Å². The summed E-state index contributed by atoms with van der Waals surface area (Å²) < 4.78 is 0. The summed E-state index contributed by atoms with van der Waals surface area (Å²) in [5, 5.41) is 15.0. The smallest absolute Gasteiger partial charge is 0.317 e. The Morgan fingerprint density at radius 1 is 1.24 bits per heavy atom. The van der Waals surface area contributed by atoms with Gasteiger partial charge in [-0.25, -0.2) is 4.79 Å². The number of carboxylic acids is 1. The molecule has 1 atom stereocenters. The summed E-state index contributed by atoms with van der Waals surface area (Å²) in [6.45, 7) is 4.81. The van der Waals surface area contributed by atoms with E-state index in [1.165, 1.54) is 5.56 Å². The van der Waals surface area contributed by atoms with Crippen LogP contribution < -0.4 is 10.6 Å². The van der Waals surface area contributed by atoms with Crippen molar-refractivity contribution in [3.05, 3.63) is 35.9 Å². The lowest BCUT2D eigenvalue weighted by Gasteiger charge is -2.42. The lowest BCUT2D eigenvalue weighted by atomic mass is 9.85. The van der Waals surface area contributed by atoms with Crippen LogP contribution >= 0.6 is 0 Å². The van der Waals surface area contributed by atoms with Crippen LogP contribution in [-0.4, -0.2) is 53.2 Å². The van der Waals surface area contributed by atoms with Crippen LogP contribution in [0.1, 0.15) is 38.7 Å². The van der Waals surface area contributed by atoms with Gasteiger partial charge in [0, 0.05) is 18.1 Å². The molecule has 0 radical (unpaired) electrons. The van der Waals surface area contributed by atoms with E-state index in [9.17, 15) is 9.59 Å². The van der Waals surface area contributed by atoms with E-state index in [0.29, 0.717) is 6.54 Å². The van der Waals surface area contributed by atoms with Crippen LogP contribution in [0.25, 0.3) is 0 Å². The molecule has 1 unspecified atom stereocenters. The first-order valence-corrected chi connectivity index (χ1v) is 9.08. The van der Waals surface area contributed by atoms with Crippen LogP contribution in [-0.2, 0) is 11.2 Å². The topological polar surface area (TPSA) is 81.7 Å². The maximum atomic E-state index is 12.2. The maximum Gasteiger partial charge on any atom is 0.317 e. The van der Waals surface area contributed by atoms with Gasteiger partial charge in [-0.15, -0.1) is 0 Å². The van der Waals surface area contributed by atoms with Crippen molar-refractivity contribution in [2.75, 3.05) is 13.1 Å². The average Bonchev–Trinajstić information content (AvgIpc) is 2.56. The molecule has 0 bridgehead atoms. The summed E-state index contributed by atoms with van der Waals surface area (Å²) in [5.74, 6) is -0.803. The summed E-state index contributed by atoms with van der Waals surface area (Å²) in [6, 6.07) is 10.5. The average molecular weight is 347 g/mol. The Kier molecular flexibility index (Phi) is 7.25. The number of carbonyl (C=O) groups excluding carboxylic acids is 1. The first-order chi connectivity index (χ1) is 12.0. The zero-order valence-corrected chi connectivity index (χ0v) is 15.1. The minimum absolute atomic E-state index is 0.0646. The molecule has 1 aliphatic carbocycles. The molecule has 0 heterocycles. The van der Waals surface area contributed by atoms with Crippen molar-refractivity contribution < 1.29 is 14.7 Å². The molecule has 6 heteroatoms. The largest absolute Gasteiger partial charge is 0.480 e. The third kappa shape index (κ3) is 6.05. The number of carbonyl (C=O) groups is 2. The predicted octanol–water partition coefficient (Wildman–Crippen LogP) is 2.24. The highest BCUT2D eigenvalue weighted by Crippen LogP contribution is 2.25. The molecule has 0 aromatic heterocycles. The minimum Gasteiger partial charge on any atom is -0.480 e. The second-order valence-electron chi connectivity index (χ2n) is 6.69. The van der Waals surface area contributed by atoms with Gasteiger partial charge in [-0.3, -0.25) is 9.69 Å². The van der Waals surface area contributed by atoms with Crippen LogP contribution in [0.2, 0.25) is 0 Å². The quantitative estimate of drug-likeness (QED) is 0.640. The van der Waals surface area contributed by atoms with Crippen molar-refractivity contribution in [3.8, 4) is 0 Å². The number of rotatable bonds is 9. The number of nitrogens with zero attached hydrogens (tertiary/aromatic N) is 1. The number of aliphatic carboxylic acids is 1. The molecular formula is C19H29N3O3. The van der Waals surface area contributed by atoms with Gasteiger partial charge in [0.05, 0.1) is 6.54 Å². The Morgan fingerprint density at radius 3 is 2.48 bits per heavy atom. The standard InChI is InChI=1S/C19H29N3O3/c1-3-15(10-14-8-6-5-7-9-14)20-19(25)21-16-11-17(12-16)22(4-2)13-18(23)24/h5-9,15-17H,3-4,10-13H2,1-2H3,(H,23,24)(H2,20,21,25). The van der Waals surface area contributed by atoms with E-state index in [2.05, 4.69) is 29.7 Å². The molecule has 25 heavy (non-hydrogen) atoms. The van der Waals surface area contributed by atoms with Gasteiger partial charge in [0.2, 0.25) is 0 Å². The van der Waals surface area contributed by atoms with Gasteiger partial charge in [-0.1, -0.05) is 44.2 Å². The Morgan fingerprint density at radius 2 is 1.92 bits per heavy atom. The molecule has 1 aliphatic rings. The van der Waals surface area contributed by atoms with Crippen LogP contribution in [0.4, 0.5) is 4.79 Å². The molecule has 1 fully saturated rings. The lowest BCUT2D eigenvalue weighted by Crippen LogP contribution is -2.57. The molecule has 0 spiro atoms. The molecule has 1 aromatic carbocycles. The van der Waals surface area contributed by atoms with Crippen molar-refractivity contribution >= 4 is 12.0 Å². The van der Waals surface area contributed by atoms with Crippen LogP contribution in [0.5, 0.6) is 0 Å². The van der Waals surface area contributed by atoms with Gasteiger partial charge in [-0.2, -0.15) is 0 Å². The van der Waals surface area contributed by atoms with Gasteiger partial charge in [0.15, 0.2) is 0 Å². The molecule has 6 nitrogen and oxygen atoms in total. The van der Waals surface area contributed by atoms with Crippen molar-refractivity contribution in [2.24, 2.45) is 0 Å². The minimum atomic E-state index is -0.803. The highest BCUT2D eigenvalue weighted by molar-refractivity contribution is 5.74. The monoisotopic (exact) mass is 347 g/mol. The van der Waals surface area contributed by atoms with Gasteiger partial charge >= 0.3 is 12.0 Å². The van der Waals surface area contributed by atoms with Gasteiger partial charge in [-0.05, 0) is 37.8 Å². The van der Waals surface area contributed by atoms with Crippen molar-refractivity contribution in [2.45, 2.75) is 57.7 Å². The molecule has 0 saturated heterocycles. The van der Waals surface area contributed by atoms with E-state index >= 15 is 0 Å². The fourth-order valence-corrected chi connectivity index (χ4v) is 3.29. The first-order valence-electron chi connectivity index (χ1n) is 9.08. The molecule has 2 rings (SSSR count). The summed E-state index contributed by atoms with van der Waals surface area (Å²) in [6.07, 6.45) is 3.31. The molecule has 138 valence electrons. The van der Waals surface area contributed by atoms with Crippen molar-refractivity contribution in [1.29, 1.82) is 0 Å². The number of benzene rings is 1. The van der Waals surface area contributed by atoms with Gasteiger partial charge in [0.25, 0.3) is 0 Å². The highest BCUT2D eigenvalue weighted by atomic mass is 16.4. The van der Waals surface area contributed by atoms with Gasteiger partial charge < -0.3 is 15.7 Å². The second-order valence-corrected chi connectivity index (χ2v) is 6.69. The molecule has 3 N–H and O–H groups in total. The van der Waals surface area contributed by atoms with Gasteiger partial charge in [0.1, 0.15) is 0 Å². The number of nitrogens with one attached hydrogen (secondary N) is 2. The maximum absolute atomic E-state index is 12.2. The number of carboxylic acid groups (broad SMARTS) is 1. The van der Waals surface area contributed by atoms with Crippen molar-refractivity contribution in [1.82, 2.24) is 15.5 Å².